The van der Waals surface area contributed by atoms with Crippen molar-refractivity contribution in [1.82, 2.24) is 19.1 Å². The molecule has 2 aromatic rings. The smallest absolute Gasteiger partial charge is 0.332 e. The summed E-state index contributed by atoms with van der Waals surface area (Å²) in [7, 11) is 4.31. The molecular formula is C9H11N5O3. The minimum atomic E-state index is -0.504. The normalized spacial score (nSPS) is 12.3. The summed E-state index contributed by atoms with van der Waals surface area (Å²) in [6.45, 7) is 0. The van der Waals surface area contributed by atoms with E-state index in [0.717, 1.165) is 4.57 Å². The summed E-state index contributed by atoms with van der Waals surface area (Å²) in [5.74, 6) is 0. The third kappa shape index (κ3) is 1.45. The number of aromatic nitrogens is 4. The number of hydrogen-bond donors (Lipinski definition) is 1. The van der Waals surface area contributed by atoms with Crippen molar-refractivity contribution in [3.05, 3.63) is 32.4 Å². The van der Waals surface area contributed by atoms with Gasteiger partial charge in [0.1, 0.15) is 0 Å². The fourth-order valence-electron chi connectivity index (χ4n) is 1.59. The van der Waals surface area contributed by atoms with Crippen LogP contribution in [-0.4, -0.2) is 31.3 Å². The number of hydrogen-bond acceptors (Lipinski definition) is 5. The van der Waals surface area contributed by atoms with Gasteiger partial charge >= 0.3 is 5.69 Å². The van der Waals surface area contributed by atoms with Crippen LogP contribution in [0.15, 0.2) is 20.6 Å². The van der Waals surface area contributed by atoms with Gasteiger partial charge in [0.2, 0.25) is 0 Å². The molecule has 0 aromatic carbocycles. The van der Waals surface area contributed by atoms with Crippen molar-refractivity contribution in [2.45, 2.75) is 0 Å². The maximum absolute atomic E-state index is 11.9. The summed E-state index contributed by atoms with van der Waals surface area (Å²) < 4.78 is 2.16. The van der Waals surface area contributed by atoms with Crippen LogP contribution in [0.4, 0.5) is 0 Å². The summed E-state index contributed by atoms with van der Waals surface area (Å²) in [4.78, 5) is 27.8. The standard InChI is InChI=1S/C9H11N5O3/c1-10-6-4-5-7(11-14(6)17)12(2)9(16)13(3)8(5)15/h4,17H,1-3H3. The number of rotatable bonds is 0. The van der Waals surface area contributed by atoms with E-state index in [1.165, 1.54) is 31.8 Å². The van der Waals surface area contributed by atoms with Gasteiger partial charge in [0.25, 0.3) is 5.56 Å². The molecule has 0 saturated heterocycles. The molecular weight excluding hydrogens is 226 g/mol. The predicted molar refractivity (Wildman–Crippen MR) is 58.9 cm³/mol. The first kappa shape index (κ1) is 11.1. The number of fused-ring (bicyclic) bond motifs is 1. The fourth-order valence-corrected chi connectivity index (χ4v) is 1.59. The van der Waals surface area contributed by atoms with Crippen molar-refractivity contribution in [2.75, 3.05) is 7.05 Å². The van der Waals surface area contributed by atoms with Crippen LogP contribution >= 0.6 is 0 Å². The van der Waals surface area contributed by atoms with Crippen LogP contribution in [-0.2, 0) is 14.1 Å². The van der Waals surface area contributed by atoms with Crippen LogP contribution in [0.1, 0.15) is 0 Å². The Morgan fingerprint density at radius 3 is 2.53 bits per heavy atom. The summed E-state index contributed by atoms with van der Waals surface area (Å²) in [6, 6.07) is 1.38. The molecule has 0 aliphatic rings. The molecule has 0 amide bonds. The van der Waals surface area contributed by atoms with Crippen molar-refractivity contribution in [1.29, 1.82) is 0 Å². The highest BCUT2D eigenvalue weighted by atomic mass is 16.5. The molecule has 0 saturated carbocycles. The highest BCUT2D eigenvalue weighted by molar-refractivity contribution is 5.72. The van der Waals surface area contributed by atoms with Gasteiger partial charge in [0.15, 0.2) is 11.1 Å². The molecule has 8 nitrogen and oxygen atoms in total. The Kier molecular flexibility index (Phi) is 2.34. The fraction of sp³-hybridized carbons (Fsp3) is 0.333. The lowest BCUT2D eigenvalue weighted by molar-refractivity contribution is 0.133. The van der Waals surface area contributed by atoms with Crippen LogP contribution in [0.3, 0.4) is 0 Å². The van der Waals surface area contributed by atoms with Crippen molar-refractivity contribution < 1.29 is 5.21 Å². The first-order valence-electron chi connectivity index (χ1n) is 4.79. The van der Waals surface area contributed by atoms with E-state index < -0.39 is 11.2 Å². The lowest BCUT2D eigenvalue weighted by Crippen LogP contribution is -2.39. The van der Waals surface area contributed by atoms with Crippen molar-refractivity contribution in [2.24, 2.45) is 19.1 Å². The second kappa shape index (κ2) is 3.58. The first-order chi connectivity index (χ1) is 7.97. The van der Waals surface area contributed by atoms with Gasteiger partial charge < -0.3 is 5.21 Å². The van der Waals surface area contributed by atoms with Gasteiger partial charge in [0.05, 0.1) is 5.39 Å². The van der Waals surface area contributed by atoms with Crippen LogP contribution in [0.5, 0.6) is 0 Å². The van der Waals surface area contributed by atoms with Gasteiger partial charge in [-0.05, 0) is 0 Å². The monoisotopic (exact) mass is 237 g/mol. The van der Waals surface area contributed by atoms with Crippen molar-refractivity contribution >= 4 is 11.0 Å². The molecule has 2 aromatic heterocycles. The maximum Gasteiger partial charge on any atom is 0.332 e. The van der Waals surface area contributed by atoms with E-state index in [1.54, 1.807) is 0 Å². The van der Waals surface area contributed by atoms with Gasteiger partial charge in [-0.25, -0.2) is 4.79 Å². The second-order valence-corrected chi connectivity index (χ2v) is 3.56. The minimum Gasteiger partial charge on any atom is -0.410 e. The van der Waals surface area contributed by atoms with Gasteiger partial charge in [0, 0.05) is 27.2 Å². The largest absolute Gasteiger partial charge is 0.410 e. The average Bonchev–Trinajstić information content (AvgIpc) is 2.33. The molecule has 1 N–H and O–H groups in total. The highest BCUT2D eigenvalue weighted by Crippen LogP contribution is 1.98. The molecule has 0 unspecified atom stereocenters. The molecule has 2 heterocycles. The van der Waals surface area contributed by atoms with E-state index in [2.05, 4.69) is 10.1 Å². The summed E-state index contributed by atoms with van der Waals surface area (Å²) in [6.07, 6.45) is 0. The first-order valence-corrected chi connectivity index (χ1v) is 4.79. The van der Waals surface area contributed by atoms with E-state index in [-0.39, 0.29) is 16.5 Å². The molecule has 0 aliphatic heterocycles. The molecule has 8 heteroatoms. The Hall–Kier alpha value is -2.38. The molecule has 2 rings (SSSR count). The molecule has 0 aliphatic carbocycles. The minimum absolute atomic E-state index is 0.105. The van der Waals surface area contributed by atoms with E-state index in [4.69, 9.17) is 0 Å². The predicted octanol–water partition coefficient (Wildman–Crippen LogP) is -1.80. The van der Waals surface area contributed by atoms with Crippen LogP contribution in [0, 0.1) is 0 Å². The quantitative estimate of drug-likeness (QED) is 0.547. The molecule has 0 fully saturated rings. The zero-order valence-electron chi connectivity index (χ0n) is 9.58. The molecule has 0 bridgehead atoms. The van der Waals surface area contributed by atoms with E-state index in [9.17, 15) is 14.8 Å². The van der Waals surface area contributed by atoms with Crippen LogP contribution in [0.2, 0.25) is 0 Å². The average molecular weight is 237 g/mol. The SMILES string of the molecule is CN=c1cc2c(=O)n(C)c(=O)n(C)c2nn1O. The van der Waals surface area contributed by atoms with Gasteiger partial charge in [-0.15, -0.1) is 5.10 Å². The molecule has 17 heavy (non-hydrogen) atoms. The highest BCUT2D eigenvalue weighted by Gasteiger charge is 2.10. The Morgan fingerprint density at radius 2 is 1.94 bits per heavy atom. The summed E-state index contributed by atoms with van der Waals surface area (Å²) >= 11 is 0. The summed E-state index contributed by atoms with van der Waals surface area (Å²) in [5.41, 5.74) is -0.737. The van der Waals surface area contributed by atoms with Crippen LogP contribution in [0.25, 0.3) is 11.0 Å². The lowest BCUT2D eigenvalue weighted by atomic mass is 10.3. The van der Waals surface area contributed by atoms with E-state index in [1.807, 2.05) is 0 Å². The molecule has 0 atom stereocenters. The maximum atomic E-state index is 11.9. The Balaban J connectivity index is 3.19. The molecule has 0 radical (unpaired) electrons. The second-order valence-electron chi connectivity index (χ2n) is 3.56. The van der Waals surface area contributed by atoms with E-state index >= 15 is 0 Å². The Morgan fingerprint density at radius 1 is 1.29 bits per heavy atom. The third-order valence-corrected chi connectivity index (χ3v) is 2.56. The van der Waals surface area contributed by atoms with Crippen molar-refractivity contribution in [3.63, 3.8) is 0 Å². The zero-order chi connectivity index (χ0) is 12.7. The number of aryl methyl sites for hydroxylation is 1. The summed E-state index contributed by atoms with van der Waals surface area (Å²) in [5, 5.41) is 13.4. The Labute approximate surface area is 94.7 Å². The topological polar surface area (TPSA) is 94.4 Å². The Bertz CT molecular complexity index is 780. The molecule has 0 spiro atoms. The van der Waals surface area contributed by atoms with Gasteiger partial charge in [-0.1, -0.05) is 4.85 Å². The third-order valence-electron chi connectivity index (χ3n) is 2.56. The van der Waals surface area contributed by atoms with Crippen LogP contribution < -0.4 is 16.7 Å². The van der Waals surface area contributed by atoms with Gasteiger partial charge in [-0.2, -0.15) is 0 Å². The molecule has 90 valence electrons. The number of nitrogens with zero attached hydrogens (tertiary/aromatic N) is 5. The van der Waals surface area contributed by atoms with E-state index in [0.29, 0.717) is 4.85 Å². The van der Waals surface area contributed by atoms with Gasteiger partial charge in [-0.3, -0.25) is 18.9 Å². The zero-order valence-corrected chi connectivity index (χ0v) is 9.58. The lowest BCUT2D eigenvalue weighted by Gasteiger charge is -2.06. The van der Waals surface area contributed by atoms with Crippen molar-refractivity contribution in [3.8, 4) is 0 Å².